The largest absolute Gasteiger partial charge is 0.394 e. The van der Waals surface area contributed by atoms with Gasteiger partial charge in [-0.15, -0.1) is 0 Å². The summed E-state index contributed by atoms with van der Waals surface area (Å²) in [5, 5.41) is 9.09. The predicted molar refractivity (Wildman–Crippen MR) is 60.7 cm³/mol. The third-order valence-corrected chi connectivity index (χ3v) is 2.20. The molecule has 0 aromatic heterocycles. The first kappa shape index (κ1) is 14.8. The predicted octanol–water partition coefficient (Wildman–Crippen LogP) is 0.774. The molecule has 0 amide bonds. The third-order valence-electron chi connectivity index (χ3n) is 2.20. The Hall–Kier alpha value is -0.160. The highest BCUT2D eigenvalue weighted by Gasteiger charge is 2.18. The number of ether oxygens (including phenoxy) is 2. The maximum Gasteiger partial charge on any atom is 0.0978 e. The van der Waals surface area contributed by atoms with Crippen LogP contribution in [-0.2, 0) is 9.47 Å². The molecule has 0 saturated carbocycles. The zero-order valence-corrected chi connectivity index (χ0v) is 10.3. The summed E-state index contributed by atoms with van der Waals surface area (Å²) in [6.07, 6.45) is 0.621. The van der Waals surface area contributed by atoms with E-state index in [0.29, 0.717) is 13.2 Å². The Bertz CT molecular complexity index is 156. The van der Waals surface area contributed by atoms with Gasteiger partial charge in [0, 0.05) is 13.7 Å². The number of aliphatic hydroxyl groups is 1. The molecule has 0 saturated heterocycles. The van der Waals surface area contributed by atoms with E-state index in [0.717, 1.165) is 6.42 Å². The van der Waals surface area contributed by atoms with Crippen molar-refractivity contribution in [3.05, 3.63) is 0 Å². The molecule has 4 nitrogen and oxygen atoms in total. The smallest absolute Gasteiger partial charge is 0.0978 e. The van der Waals surface area contributed by atoms with Crippen LogP contribution in [0, 0.1) is 5.41 Å². The highest BCUT2D eigenvalue weighted by molar-refractivity contribution is 4.72. The van der Waals surface area contributed by atoms with Crippen molar-refractivity contribution in [2.75, 3.05) is 26.9 Å². The summed E-state index contributed by atoms with van der Waals surface area (Å²) in [6, 6.07) is -0.264. The average Bonchev–Trinajstić information content (AvgIpc) is 2.11. The first-order chi connectivity index (χ1) is 6.90. The molecule has 3 N–H and O–H groups in total. The van der Waals surface area contributed by atoms with Gasteiger partial charge < -0.3 is 20.3 Å². The first-order valence-electron chi connectivity index (χ1n) is 5.37. The molecule has 0 aliphatic heterocycles. The van der Waals surface area contributed by atoms with Gasteiger partial charge in [0.05, 0.1) is 25.4 Å². The molecular formula is C11H25NO3. The van der Waals surface area contributed by atoms with Gasteiger partial charge in [0.15, 0.2) is 0 Å². The maximum atomic E-state index is 9.09. The monoisotopic (exact) mass is 219 g/mol. The van der Waals surface area contributed by atoms with Gasteiger partial charge in [-0.3, -0.25) is 0 Å². The van der Waals surface area contributed by atoms with E-state index in [9.17, 15) is 0 Å². The van der Waals surface area contributed by atoms with E-state index in [-0.39, 0.29) is 24.2 Å². The molecule has 0 radical (unpaired) electrons. The van der Waals surface area contributed by atoms with E-state index in [2.05, 4.69) is 20.8 Å². The molecule has 0 bridgehead atoms. The molecule has 0 rings (SSSR count). The normalized spacial score (nSPS) is 16.4. The van der Waals surface area contributed by atoms with Crippen LogP contribution < -0.4 is 5.73 Å². The zero-order valence-electron chi connectivity index (χ0n) is 10.3. The highest BCUT2D eigenvalue weighted by atomic mass is 16.5. The summed E-state index contributed by atoms with van der Waals surface area (Å²) in [7, 11) is 1.59. The summed E-state index contributed by atoms with van der Waals surface area (Å²) in [5.41, 5.74) is 6.02. The SMILES string of the molecule is COCC(N)C(CO)OCCC(C)(C)C. The van der Waals surface area contributed by atoms with Crippen molar-refractivity contribution in [1.82, 2.24) is 0 Å². The van der Waals surface area contributed by atoms with Crippen LogP contribution >= 0.6 is 0 Å². The van der Waals surface area contributed by atoms with Gasteiger partial charge in [-0.2, -0.15) is 0 Å². The second-order valence-electron chi connectivity index (χ2n) is 5.02. The summed E-state index contributed by atoms with van der Waals surface area (Å²) in [5.74, 6) is 0. The fraction of sp³-hybridized carbons (Fsp3) is 1.00. The summed E-state index contributed by atoms with van der Waals surface area (Å²) >= 11 is 0. The molecule has 2 unspecified atom stereocenters. The quantitative estimate of drug-likeness (QED) is 0.664. The number of methoxy groups -OCH3 is 1. The second kappa shape index (κ2) is 7.17. The number of rotatable bonds is 7. The Balaban J connectivity index is 3.80. The molecule has 4 heteroatoms. The van der Waals surface area contributed by atoms with Gasteiger partial charge in [0.1, 0.15) is 0 Å². The summed E-state index contributed by atoms with van der Waals surface area (Å²) < 4.78 is 10.4. The van der Waals surface area contributed by atoms with Gasteiger partial charge in [-0.05, 0) is 11.8 Å². The van der Waals surface area contributed by atoms with Crippen LogP contribution in [0.2, 0.25) is 0 Å². The number of hydrogen-bond acceptors (Lipinski definition) is 4. The molecule has 0 aromatic carbocycles. The topological polar surface area (TPSA) is 64.7 Å². The van der Waals surface area contributed by atoms with Crippen molar-refractivity contribution in [3.63, 3.8) is 0 Å². The van der Waals surface area contributed by atoms with Gasteiger partial charge in [0.2, 0.25) is 0 Å². The van der Waals surface area contributed by atoms with Crippen LogP contribution in [0.15, 0.2) is 0 Å². The van der Waals surface area contributed by atoms with Crippen molar-refractivity contribution in [3.8, 4) is 0 Å². The van der Waals surface area contributed by atoms with Crippen LogP contribution in [0.3, 0.4) is 0 Å². The molecule has 0 heterocycles. The van der Waals surface area contributed by atoms with E-state index in [4.69, 9.17) is 20.3 Å². The summed E-state index contributed by atoms with van der Waals surface area (Å²) in [6.45, 7) is 7.42. The molecule has 0 aliphatic carbocycles. The van der Waals surface area contributed by atoms with Crippen molar-refractivity contribution >= 4 is 0 Å². The van der Waals surface area contributed by atoms with Gasteiger partial charge >= 0.3 is 0 Å². The maximum absolute atomic E-state index is 9.09. The van der Waals surface area contributed by atoms with Crippen LogP contribution in [0.25, 0.3) is 0 Å². The van der Waals surface area contributed by atoms with Crippen molar-refractivity contribution < 1.29 is 14.6 Å². The number of aliphatic hydroxyl groups excluding tert-OH is 1. The molecule has 0 spiro atoms. The van der Waals surface area contributed by atoms with E-state index in [1.807, 2.05) is 0 Å². The van der Waals surface area contributed by atoms with E-state index < -0.39 is 0 Å². The number of hydrogen-bond donors (Lipinski definition) is 2. The Morgan fingerprint density at radius 2 is 1.93 bits per heavy atom. The summed E-state index contributed by atoms with van der Waals surface area (Å²) in [4.78, 5) is 0. The third kappa shape index (κ3) is 7.73. The molecule has 2 atom stereocenters. The average molecular weight is 219 g/mol. The van der Waals surface area contributed by atoms with Gasteiger partial charge in [-0.25, -0.2) is 0 Å². The van der Waals surface area contributed by atoms with E-state index in [1.54, 1.807) is 7.11 Å². The van der Waals surface area contributed by atoms with Crippen LogP contribution in [0.1, 0.15) is 27.2 Å². The fourth-order valence-corrected chi connectivity index (χ4v) is 1.13. The lowest BCUT2D eigenvalue weighted by Crippen LogP contribution is -2.43. The number of nitrogens with two attached hydrogens (primary N) is 1. The Kier molecular flexibility index (Phi) is 7.09. The van der Waals surface area contributed by atoms with E-state index >= 15 is 0 Å². The molecule has 0 aromatic rings. The van der Waals surface area contributed by atoms with Crippen LogP contribution in [0.4, 0.5) is 0 Å². The minimum atomic E-state index is -0.327. The first-order valence-corrected chi connectivity index (χ1v) is 5.37. The van der Waals surface area contributed by atoms with Crippen LogP contribution in [-0.4, -0.2) is 44.2 Å². The minimum absolute atomic E-state index is 0.0608. The Morgan fingerprint density at radius 1 is 1.33 bits per heavy atom. The van der Waals surface area contributed by atoms with Gasteiger partial charge in [0.25, 0.3) is 0 Å². The second-order valence-corrected chi connectivity index (χ2v) is 5.02. The Morgan fingerprint density at radius 3 is 2.33 bits per heavy atom. The molecular weight excluding hydrogens is 194 g/mol. The lowest BCUT2D eigenvalue weighted by molar-refractivity contribution is -0.0254. The zero-order chi connectivity index (χ0) is 11.9. The standard InChI is InChI=1S/C11H25NO3/c1-11(2,3)5-6-15-10(7-13)9(12)8-14-4/h9-10,13H,5-8,12H2,1-4H3. The molecule has 0 fully saturated rings. The lowest BCUT2D eigenvalue weighted by Gasteiger charge is -2.24. The molecule has 15 heavy (non-hydrogen) atoms. The highest BCUT2D eigenvalue weighted by Crippen LogP contribution is 2.18. The Labute approximate surface area is 92.7 Å². The fourth-order valence-electron chi connectivity index (χ4n) is 1.13. The van der Waals surface area contributed by atoms with Crippen molar-refractivity contribution in [2.45, 2.75) is 39.3 Å². The van der Waals surface area contributed by atoms with E-state index in [1.165, 1.54) is 0 Å². The van der Waals surface area contributed by atoms with Crippen molar-refractivity contribution in [1.29, 1.82) is 0 Å². The molecule has 0 aliphatic rings. The van der Waals surface area contributed by atoms with Crippen molar-refractivity contribution in [2.24, 2.45) is 11.1 Å². The molecule has 92 valence electrons. The minimum Gasteiger partial charge on any atom is -0.394 e. The van der Waals surface area contributed by atoms with Crippen LogP contribution in [0.5, 0.6) is 0 Å². The van der Waals surface area contributed by atoms with Gasteiger partial charge in [-0.1, -0.05) is 20.8 Å². The lowest BCUT2D eigenvalue weighted by atomic mass is 9.93.